The molecule has 0 amide bonds. The van der Waals surface area contributed by atoms with Crippen molar-refractivity contribution in [3.8, 4) is 0 Å². The van der Waals surface area contributed by atoms with Gasteiger partial charge >= 0.3 is 0 Å². The lowest BCUT2D eigenvalue weighted by atomic mass is 10.1. The molecule has 1 aliphatic rings. The van der Waals surface area contributed by atoms with Crippen LogP contribution in [0.1, 0.15) is 34.8 Å². The number of aryl methyl sites for hydroxylation is 1. The normalized spacial score (nSPS) is 13.4. The lowest BCUT2D eigenvalue weighted by Gasteiger charge is -2.19. The number of ketones is 1. The topological polar surface area (TPSA) is 33.2 Å². The molecule has 3 nitrogen and oxygen atoms in total. The smallest absolute Gasteiger partial charge is 0.164 e. The molecule has 0 N–H and O–H groups in total. The van der Waals surface area contributed by atoms with Gasteiger partial charge in [-0.05, 0) is 36.6 Å². The van der Waals surface area contributed by atoms with Crippen LogP contribution >= 0.6 is 0 Å². The second kappa shape index (κ2) is 5.08. The van der Waals surface area contributed by atoms with Crippen LogP contribution in [0.15, 0.2) is 36.5 Å². The van der Waals surface area contributed by atoms with Crippen molar-refractivity contribution in [1.29, 1.82) is 0 Å². The third kappa shape index (κ3) is 2.09. The van der Waals surface area contributed by atoms with Gasteiger partial charge in [-0.2, -0.15) is 0 Å². The molecule has 2 heterocycles. The molecule has 0 fully saturated rings. The molecule has 0 saturated heterocycles. The summed E-state index contributed by atoms with van der Waals surface area (Å²) in [6, 6.07) is 10.4. The van der Waals surface area contributed by atoms with E-state index >= 15 is 0 Å². The van der Waals surface area contributed by atoms with E-state index in [4.69, 9.17) is 0 Å². The van der Waals surface area contributed by atoms with Gasteiger partial charge in [0.2, 0.25) is 0 Å². The van der Waals surface area contributed by atoms with Gasteiger partial charge in [-0.3, -0.25) is 4.79 Å². The third-order valence-corrected chi connectivity index (χ3v) is 3.88. The van der Waals surface area contributed by atoms with Gasteiger partial charge in [-0.15, -0.1) is 0 Å². The minimum atomic E-state index is 0.156. The van der Waals surface area contributed by atoms with Gasteiger partial charge < -0.3 is 4.90 Å². The van der Waals surface area contributed by atoms with Crippen molar-refractivity contribution in [2.75, 3.05) is 11.4 Å². The second-order valence-corrected chi connectivity index (χ2v) is 5.16. The molecule has 3 heteroatoms. The predicted molar refractivity (Wildman–Crippen MR) is 80.7 cm³/mol. The first-order valence-electron chi connectivity index (χ1n) is 7.06. The van der Waals surface area contributed by atoms with Crippen molar-refractivity contribution in [3.63, 3.8) is 0 Å². The molecule has 0 aliphatic carbocycles. The van der Waals surface area contributed by atoms with E-state index in [1.54, 1.807) is 6.20 Å². The average molecular weight is 266 g/mol. The van der Waals surface area contributed by atoms with E-state index in [2.05, 4.69) is 34.1 Å². The van der Waals surface area contributed by atoms with E-state index in [-0.39, 0.29) is 5.78 Å². The number of nitrogens with zero attached hydrogens (tertiary/aromatic N) is 2. The number of rotatable bonds is 3. The number of fused-ring (bicyclic) bond motifs is 1. The van der Waals surface area contributed by atoms with Crippen LogP contribution in [0.5, 0.6) is 0 Å². The van der Waals surface area contributed by atoms with Crippen LogP contribution in [0.25, 0.3) is 0 Å². The minimum Gasteiger partial charge on any atom is -0.326 e. The zero-order valence-electron chi connectivity index (χ0n) is 11.9. The Kier molecular flexibility index (Phi) is 3.26. The van der Waals surface area contributed by atoms with Gasteiger partial charge in [0.25, 0.3) is 0 Å². The maximum atomic E-state index is 11.8. The highest BCUT2D eigenvalue weighted by Crippen LogP contribution is 2.33. The Balaban J connectivity index is 1.97. The Labute approximate surface area is 119 Å². The highest BCUT2D eigenvalue weighted by Gasteiger charge is 2.21. The summed E-state index contributed by atoms with van der Waals surface area (Å²) < 4.78 is 0. The molecule has 102 valence electrons. The summed E-state index contributed by atoms with van der Waals surface area (Å²) in [5.41, 5.74) is 4.34. The first-order valence-corrected chi connectivity index (χ1v) is 7.06. The number of aromatic nitrogens is 1. The number of carbonyl (C=O) groups excluding carboxylic acids is 1. The molecule has 3 rings (SSSR count). The van der Waals surface area contributed by atoms with Gasteiger partial charge in [0.05, 0.1) is 0 Å². The number of pyridine rings is 1. The van der Waals surface area contributed by atoms with Crippen LogP contribution in [0.4, 0.5) is 11.5 Å². The summed E-state index contributed by atoms with van der Waals surface area (Å²) in [5, 5.41) is 0. The number of hydrogen-bond acceptors (Lipinski definition) is 3. The van der Waals surface area contributed by atoms with E-state index in [0.717, 1.165) is 29.9 Å². The highest BCUT2D eigenvalue weighted by molar-refractivity contribution is 5.97. The largest absolute Gasteiger partial charge is 0.326 e. The van der Waals surface area contributed by atoms with Gasteiger partial charge in [0.15, 0.2) is 5.78 Å². The first-order chi connectivity index (χ1) is 9.70. The van der Waals surface area contributed by atoms with Crippen LogP contribution in [-0.2, 0) is 6.42 Å². The Morgan fingerprint density at radius 3 is 2.90 bits per heavy atom. The number of para-hydroxylation sites is 1. The van der Waals surface area contributed by atoms with E-state index in [1.165, 1.54) is 11.3 Å². The fraction of sp³-hybridized carbons (Fsp3) is 0.294. The average Bonchev–Trinajstić information content (AvgIpc) is 2.90. The molecule has 1 aromatic carbocycles. The zero-order chi connectivity index (χ0) is 14.1. The fourth-order valence-electron chi connectivity index (χ4n) is 2.75. The number of Topliss-reactive ketones (excluding diaryl/α,β-unsaturated/α-hetero) is 1. The molecule has 0 atom stereocenters. The van der Waals surface area contributed by atoms with Crippen molar-refractivity contribution in [3.05, 3.63) is 53.2 Å². The van der Waals surface area contributed by atoms with E-state index in [0.29, 0.717) is 6.42 Å². The number of carbonyl (C=O) groups is 1. The predicted octanol–water partition coefficient (Wildman–Crippen LogP) is 3.68. The lowest BCUT2D eigenvalue weighted by Crippen LogP contribution is -2.15. The highest BCUT2D eigenvalue weighted by atomic mass is 16.1. The fourth-order valence-corrected chi connectivity index (χ4v) is 2.75. The summed E-state index contributed by atoms with van der Waals surface area (Å²) in [7, 11) is 0. The molecule has 20 heavy (non-hydrogen) atoms. The molecule has 0 saturated carbocycles. The van der Waals surface area contributed by atoms with E-state index < -0.39 is 0 Å². The maximum absolute atomic E-state index is 11.8. The SMILES string of the molecule is CCC(=O)c1cnc(N2CCc3ccccc32)cc1C. The molecule has 0 bridgehead atoms. The van der Waals surface area contributed by atoms with Crippen LogP contribution in [0.3, 0.4) is 0 Å². The Bertz CT molecular complexity index is 664. The van der Waals surface area contributed by atoms with Gasteiger partial charge in [-0.1, -0.05) is 25.1 Å². The summed E-state index contributed by atoms with van der Waals surface area (Å²) in [5.74, 6) is 1.09. The van der Waals surface area contributed by atoms with Crippen LogP contribution in [-0.4, -0.2) is 17.3 Å². The zero-order valence-corrected chi connectivity index (χ0v) is 11.9. The first kappa shape index (κ1) is 12.9. The second-order valence-electron chi connectivity index (χ2n) is 5.16. The quantitative estimate of drug-likeness (QED) is 0.795. The van der Waals surface area contributed by atoms with Crippen LogP contribution in [0, 0.1) is 6.92 Å². The number of anilines is 2. The molecule has 0 unspecified atom stereocenters. The van der Waals surface area contributed by atoms with Crippen LogP contribution in [0.2, 0.25) is 0 Å². The van der Waals surface area contributed by atoms with Crippen molar-refractivity contribution < 1.29 is 4.79 Å². The molecule has 1 aromatic heterocycles. The van der Waals surface area contributed by atoms with E-state index in [9.17, 15) is 4.79 Å². The molecule has 0 spiro atoms. The summed E-state index contributed by atoms with van der Waals surface area (Å²) in [6.07, 6.45) is 3.29. The van der Waals surface area contributed by atoms with Crippen LogP contribution < -0.4 is 4.90 Å². The number of hydrogen-bond donors (Lipinski definition) is 0. The van der Waals surface area contributed by atoms with E-state index in [1.807, 2.05) is 19.9 Å². The maximum Gasteiger partial charge on any atom is 0.164 e. The molecule has 2 aromatic rings. The Morgan fingerprint density at radius 2 is 2.15 bits per heavy atom. The Hall–Kier alpha value is -2.16. The summed E-state index contributed by atoms with van der Waals surface area (Å²) >= 11 is 0. The Morgan fingerprint density at radius 1 is 1.35 bits per heavy atom. The third-order valence-electron chi connectivity index (χ3n) is 3.88. The minimum absolute atomic E-state index is 0.156. The van der Waals surface area contributed by atoms with Crippen molar-refractivity contribution in [2.45, 2.75) is 26.7 Å². The molecule has 0 radical (unpaired) electrons. The molecular weight excluding hydrogens is 248 g/mol. The monoisotopic (exact) mass is 266 g/mol. The van der Waals surface area contributed by atoms with Gasteiger partial charge in [0, 0.05) is 30.4 Å². The molecular formula is C17H18N2O. The summed E-state index contributed by atoms with van der Waals surface area (Å²) in [4.78, 5) is 18.5. The molecule has 1 aliphatic heterocycles. The lowest BCUT2D eigenvalue weighted by molar-refractivity contribution is 0.0987. The van der Waals surface area contributed by atoms with Crippen molar-refractivity contribution in [1.82, 2.24) is 4.98 Å². The summed E-state index contributed by atoms with van der Waals surface area (Å²) in [6.45, 7) is 4.81. The van der Waals surface area contributed by atoms with Gasteiger partial charge in [0.1, 0.15) is 5.82 Å². The van der Waals surface area contributed by atoms with Gasteiger partial charge in [-0.25, -0.2) is 4.98 Å². The standard InChI is InChI=1S/C17H18N2O/c1-3-16(20)14-11-18-17(10-12(14)2)19-9-8-13-6-4-5-7-15(13)19/h4-7,10-11H,3,8-9H2,1-2H3. The van der Waals surface area contributed by atoms with Crippen molar-refractivity contribution in [2.24, 2.45) is 0 Å². The number of benzene rings is 1. The van der Waals surface area contributed by atoms with Crippen molar-refractivity contribution >= 4 is 17.3 Å².